The van der Waals surface area contributed by atoms with E-state index in [2.05, 4.69) is 5.32 Å². The van der Waals surface area contributed by atoms with Gasteiger partial charge in [0.15, 0.2) is 0 Å². The molecule has 0 atom stereocenters. The first-order valence-electron chi connectivity index (χ1n) is 9.49. The molecule has 8 heteroatoms. The lowest BCUT2D eigenvalue weighted by Crippen LogP contribution is -2.43. The van der Waals surface area contributed by atoms with Crippen LogP contribution in [0.5, 0.6) is 5.75 Å². The summed E-state index contributed by atoms with van der Waals surface area (Å²) in [5, 5.41) is 3.52. The normalized spacial score (nSPS) is 15.8. The third-order valence-corrected chi connectivity index (χ3v) is 7.46. The van der Waals surface area contributed by atoms with Crippen LogP contribution in [0.25, 0.3) is 0 Å². The average Bonchev–Trinajstić information content (AvgIpc) is 2.73. The number of halogens is 1. The molecule has 0 spiro atoms. The highest BCUT2D eigenvalue weighted by atomic mass is 35.5. The second kappa shape index (κ2) is 9.15. The summed E-state index contributed by atoms with van der Waals surface area (Å²) in [5.41, 5.74) is 1.70. The van der Waals surface area contributed by atoms with Crippen molar-refractivity contribution in [3.05, 3.63) is 58.6 Å². The van der Waals surface area contributed by atoms with Crippen LogP contribution in [0, 0.1) is 12.8 Å². The lowest BCUT2D eigenvalue weighted by atomic mass is 9.97. The first kappa shape index (κ1) is 21.6. The maximum atomic E-state index is 13.1. The largest absolute Gasteiger partial charge is 0.495 e. The minimum Gasteiger partial charge on any atom is -0.495 e. The zero-order valence-corrected chi connectivity index (χ0v) is 18.1. The van der Waals surface area contributed by atoms with Gasteiger partial charge in [-0.25, -0.2) is 8.42 Å². The monoisotopic (exact) mass is 436 g/mol. The number of nitrogens with one attached hydrogen (secondary N) is 1. The predicted octanol–water partition coefficient (Wildman–Crippen LogP) is 3.37. The number of carbonyl (C=O) groups is 1. The van der Waals surface area contributed by atoms with Gasteiger partial charge in [-0.3, -0.25) is 4.79 Å². The van der Waals surface area contributed by atoms with Crippen LogP contribution >= 0.6 is 11.6 Å². The second-order valence-corrected chi connectivity index (χ2v) is 9.46. The van der Waals surface area contributed by atoms with Crippen molar-refractivity contribution >= 4 is 27.5 Å². The van der Waals surface area contributed by atoms with E-state index < -0.39 is 10.0 Å². The van der Waals surface area contributed by atoms with E-state index in [9.17, 15) is 13.2 Å². The molecule has 156 valence electrons. The predicted molar refractivity (Wildman–Crippen MR) is 113 cm³/mol. The van der Waals surface area contributed by atoms with E-state index in [0.29, 0.717) is 43.2 Å². The van der Waals surface area contributed by atoms with Gasteiger partial charge in [-0.2, -0.15) is 4.31 Å². The molecule has 1 amide bonds. The summed E-state index contributed by atoms with van der Waals surface area (Å²) in [5.74, 6) is 0.0358. The molecule has 2 aromatic carbocycles. The first-order valence-corrected chi connectivity index (χ1v) is 11.3. The Morgan fingerprint density at radius 3 is 2.55 bits per heavy atom. The van der Waals surface area contributed by atoms with Crippen LogP contribution in [0.2, 0.25) is 5.02 Å². The smallest absolute Gasteiger partial charge is 0.246 e. The Bertz CT molecular complexity index is 986. The van der Waals surface area contributed by atoms with Crippen LogP contribution in [-0.2, 0) is 21.4 Å². The molecule has 1 heterocycles. The molecular formula is C21H25ClN2O4S. The Hall–Kier alpha value is -2.09. The number of piperidine rings is 1. The molecule has 0 aliphatic carbocycles. The fourth-order valence-electron chi connectivity index (χ4n) is 3.45. The van der Waals surface area contributed by atoms with Gasteiger partial charge in [0.25, 0.3) is 0 Å². The Kier molecular flexibility index (Phi) is 6.82. The van der Waals surface area contributed by atoms with Gasteiger partial charge in [0, 0.05) is 30.6 Å². The molecule has 0 bridgehead atoms. The van der Waals surface area contributed by atoms with Gasteiger partial charge in [0.1, 0.15) is 10.6 Å². The average molecular weight is 437 g/mol. The molecule has 1 aliphatic heterocycles. The van der Waals surface area contributed by atoms with Gasteiger partial charge < -0.3 is 10.1 Å². The Morgan fingerprint density at radius 2 is 1.90 bits per heavy atom. The lowest BCUT2D eigenvalue weighted by Gasteiger charge is -2.31. The molecule has 0 radical (unpaired) electrons. The molecule has 1 aliphatic rings. The van der Waals surface area contributed by atoms with Crippen LogP contribution in [0.1, 0.15) is 24.0 Å². The SMILES string of the molecule is COc1ccc(C)cc1S(=O)(=O)N1CCC(C(=O)NCc2ccccc2Cl)CC1. The molecule has 0 saturated carbocycles. The highest BCUT2D eigenvalue weighted by molar-refractivity contribution is 7.89. The number of amides is 1. The van der Waals surface area contributed by atoms with Gasteiger partial charge in [-0.05, 0) is 49.1 Å². The number of hydrogen-bond acceptors (Lipinski definition) is 4. The quantitative estimate of drug-likeness (QED) is 0.753. The molecule has 29 heavy (non-hydrogen) atoms. The van der Waals surface area contributed by atoms with Crippen molar-refractivity contribution in [3.8, 4) is 5.75 Å². The molecule has 3 rings (SSSR count). The van der Waals surface area contributed by atoms with Crippen molar-refractivity contribution in [3.63, 3.8) is 0 Å². The van der Waals surface area contributed by atoms with Crippen molar-refractivity contribution in [2.45, 2.75) is 31.2 Å². The minimum absolute atomic E-state index is 0.0740. The number of benzene rings is 2. The maximum absolute atomic E-state index is 13.1. The molecule has 6 nitrogen and oxygen atoms in total. The van der Waals surface area contributed by atoms with Crippen molar-refractivity contribution in [2.24, 2.45) is 5.92 Å². The van der Waals surface area contributed by atoms with E-state index in [1.165, 1.54) is 11.4 Å². The standard InChI is InChI=1S/C21H25ClN2O4S/c1-15-7-8-19(28-2)20(13-15)29(26,27)24-11-9-16(10-12-24)21(25)23-14-17-5-3-4-6-18(17)22/h3-8,13,16H,9-12,14H2,1-2H3,(H,23,25). The molecule has 2 aromatic rings. The topological polar surface area (TPSA) is 75.7 Å². The van der Waals surface area contributed by atoms with E-state index in [-0.39, 0.29) is 16.7 Å². The maximum Gasteiger partial charge on any atom is 0.246 e. The molecule has 1 saturated heterocycles. The molecule has 1 N–H and O–H groups in total. The number of methoxy groups -OCH3 is 1. The van der Waals surface area contributed by atoms with E-state index in [1.54, 1.807) is 18.2 Å². The minimum atomic E-state index is -3.68. The van der Waals surface area contributed by atoms with Crippen molar-refractivity contribution in [1.29, 1.82) is 0 Å². The van der Waals surface area contributed by atoms with E-state index in [1.807, 2.05) is 31.2 Å². The summed E-state index contributed by atoms with van der Waals surface area (Å²) >= 11 is 6.12. The fourth-order valence-corrected chi connectivity index (χ4v) is 5.36. The van der Waals surface area contributed by atoms with Crippen molar-refractivity contribution < 1.29 is 17.9 Å². The summed E-state index contributed by atoms with van der Waals surface area (Å²) in [6, 6.07) is 12.5. The van der Waals surface area contributed by atoms with E-state index in [0.717, 1.165) is 11.1 Å². The van der Waals surface area contributed by atoms with Gasteiger partial charge in [0.2, 0.25) is 15.9 Å². The molecular weight excluding hydrogens is 412 g/mol. The summed E-state index contributed by atoms with van der Waals surface area (Å²) in [6.45, 7) is 2.79. The van der Waals surface area contributed by atoms with Gasteiger partial charge in [-0.15, -0.1) is 0 Å². The van der Waals surface area contributed by atoms with Crippen molar-refractivity contribution in [2.75, 3.05) is 20.2 Å². The van der Waals surface area contributed by atoms with E-state index in [4.69, 9.17) is 16.3 Å². The Balaban J connectivity index is 1.62. The number of aryl methyl sites for hydroxylation is 1. The number of hydrogen-bond donors (Lipinski definition) is 1. The number of sulfonamides is 1. The van der Waals surface area contributed by atoms with Crippen LogP contribution in [-0.4, -0.2) is 38.8 Å². The number of rotatable bonds is 6. The van der Waals surface area contributed by atoms with Crippen LogP contribution in [0.15, 0.2) is 47.4 Å². The highest BCUT2D eigenvalue weighted by Crippen LogP contribution is 2.30. The van der Waals surface area contributed by atoms with Crippen LogP contribution in [0.4, 0.5) is 0 Å². The number of nitrogens with zero attached hydrogens (tertiary/aromatic N) is 1. The van der Waals surface area contributed by atoms with Crippen LogP contribution < -0.4 is 10.1 Å². The molecule has 0 aromatic heterocycles. The summed E-state index contributed by atoms with van der Waals surface area (Å²) in [4.78, 5) is 12.7. The third-order valence-electron chi connectivity index (χ3n) is 5.17. The highest BCUT2D eigenvalue weighted by Gasteiger charge is 2.33. The Labute approximate surface area is 176 Å². The number of ether oxygens (including phenoxy) is 1. The lowest BCUT2D eigenvalue weighted by molar-refractivity contribution is -0.126. The second-order valence-electron chi connectivity index (χ2n) is 7.14. The molecule has 1 fully saturated rings. The number of carbonyl (C=O) groups excluding carboxylic acids is 1. The van der Waals surface area contributed by atoms with Gasteiger partial charge >= 0.3 is 0 Å². The zero-order chi connectivity index (χ0) is 21.0. The van der Waals surface area contributed by atoms with Gasteiger partial charge in [-0.1, -0.05) is 35.9 Å². The van der Waals surface area contributed by atoms with Gasteiger partial charge in [0.05, 0.1) is 7.11 Å². The third kappa shape index (κ3) is 4.91. The Morgan fingerprint density at radius 1 is 1.21 bits per heavy atom. The summed E-state index contributed by atoms with van der Waals surface area (Å²) < 4.78 is 32.8. The molecule has 0 unspecified atom stereocenters. The summed E-state index contributed by atoms with van der Waals surface area (Å²) in [6.07, 6.45) is 0.948. The fraction of sp³-hybridized carbons (Fsp3) is 0.381. The van der Waals surface area contributed by atoms with E-state index >= 15 is 0 Å². The van der Waals surface area contributed by atoms with Crippen molar-refractivity contribution in [1.82, 2.24) is 9.62 Å². The van der Waals surface area contributed by atoms with Crippen LogP contribution in [0.3, 0.4) is 0 Å². The first-order chi connectivity index (χ1) is 13.8. The summed E-state index contributed by atoms with van der Waals surface area (Å²) in [7, 11) is -2.22. The zero-order valence-electron chi connectivity index (χ0n) is 16.5.